The zero-order valence-corrected chi connectivity index (χ0v) is 18.9. The summed E-state index contributed by atoms with van der Waals surface area (Å²) in [5, 5.41) is 0. The van der Waals surface area contributed by atoms with Crippen LogP contribution in [0.2, 0.25) is 0 Å². The van der Waals surface area contributed by atoms with Crippen molar-refractivity contribution in [2.45, 2.75) is 20.4 Å². The number of ketones is 1. The lowest BCUT2D eigenvalue weighted by molar-refractivity contribution is 0.0993. The van der Waals surface area contributed by atoms with E-state index in [1.807, 2.05) is 36.6 Å². The molecule has 0 radical (unpaired) electrons. The molecule has 4 aromatic rings. The Balaban J connectivity index is 1.64. The van der Waals surface area contributed by atoms with Gasteiger partial charge >= 0.3 is 0 Å². The molecule has 0 atom stereocenters. The normalized spacial score (nSPS) is 11.8. The van der Waals surface area contributed by atoms with E-state index in [2.05, 4.69) is 23.2 Å². The molecule has 1 aromatic heterocycles. The van der Waals surface area contributed by atoms with Gasteiger partial charge in [0.05, 0.1) is 16.8 Å². The second kappa shape index (κ2) is 9.85. The number of hydrogen-bond donors (Lipinski definition) is 0. The van der Waals surface area contributed by atoms with Gasteiger partial charge in [-0.15, -0.1) is 0 Å². The molecular formula is C26H24N2O3S. The Morgan fingerprint density at radius 2 is 1.62 bits per heavy atom. The number of aryl methyl sites for hydroxylation is 1. The van der Waals surface area contributed by atoms with E-state index in [4.69, 9.17) is 4.74 Å². The molecule has 0 N–H and O–H groups in total. The summed E-state index contributed by atoms with van der Waals surface area (Å²) in [5.74, 6) is -0.410. The SMILES string of the molecule is CCOCCn1c(=NC(=O)c2ccc(C(=O)c3ccccc3)cc2)sc2cc(C)ccc21. The first kappa shape index (κ1) is 21.9. The molecule has 0 saturated heterocycles. The average molecular weight is 445 g/mol. The van der Waals surface area contributed by atoms with Crippen LogP contribution in [0, 0.1) is 6.92 Å². The third-order valence-corrected chi connectivity index (χ3v) is 6.17. The number of hydrogen-bond acceptors (Lipinski definition) is 4. The van der Waals surface area contributed by atoms with Gasteiger partial charge in [0.2, 0.25) is 0 Å². The van der Waals surface area contributed by atoms with E-state index in [-0.39, 0.29) is 11.7 Å². The summed E-state index contributed by atoms with van der Waals surface area (Å²) in [6.45, 7) is 5.81. The molecule has 4 rings (SSSR count). The number of carbonyl (C=O) groups is 2. The van der Waals surface area contributed by atoms with E-state index in [0.29, 0.717) is 41.3 Å². The fourth-order valence-corrected chi connectivity index (χ4v) is 4.61. The van der Waals surface area contributed by atoms with Crippen molar-refractivity contribution >= 4 is 33.2 Å². The fourth-order valence-electron chi connectivity index (χ4n) is 3.45. The summed E-state index contributed by atoms with van der Waals surface area (Å²) < 4.78 is 8.63. The molecule has 5 nitrogen and oxygen atoms in total. The molecule has 32 heavy (non-hydrogen) atoms. The van der Waals surface area contributed by atoms with Crippen LogP contribution in [-0.2, 0) is 11.3 Å². The first-order chi connectivity index (χ1) is 15.6. The molecular weight excluding hydrogens is 420 g/mol. The van der Waals surface area contributed by atoms with Gasteiger partial charge in [0, 0.05) is 29.8 Å². The van der Waals surface area contributed by atoms with Crippen molar-refractivity contribution in [2.24, 2.45) is 4.99 Å². The second-order valence-corrected chi connectivity index (χ2v) is 8.40. The van der Waals surface area contributed by atoms with Gasteiger partial charge in [0.25, 0.3) is 5.91 Å². The molecule has 162 valence electrons. The molecule has 0 aliphatic carbocycles. The highest BCUT2D eigenvalue weighted by molar-refractivity contribution is 7.16. The molecule has 0 aliphatic heterocycles. The summed E-state index contributed by atoms with van der Waals surface area (Å²) in [5.41, 5.74) is 3.80. The highest BCUT2D eigenvalue weighted by atomic mass is 32.1. The Kier molecular flexibility index (Phi) is 6.73. The van der Waals surface area contributed by atoms with Gasteiger partial charge in [-0.1, -0.05) is 59.9 Å². The number of carbonyl (C=O) groups excluding carboxylic acids is 2. The Morgan fingerprint density at radius 3 is 2.34 bits per heavy atom. The minimum Gasteiger partial charge on any atom is -0.380 e. The van der Waals surface area contributed by atoms with Crippen LogP contribution in [0.3, 0.4) is 0 Å². The summed E-state index contributed by atoms with van der Waals surface area (Å²) in [7, 11) is 0. The Hall–Kier alpha value is -3.35. The van der Waals surface area contributed by atoms with Crippen molar-refractivity contribution in [3.8, 4) is 0 Å². The predicted octanol–water partition coefficient (Wildman–Crippen LogP) is 5.02. The molecule has 0 spiro atoms. The van der Waals surface area contributed by atoms with Crippen LogP contribution < -0.4 is 4.80 Å². The smallest absolute Gasteiger partial charge is 0.279 e. The number of aromatic nitrogens is 1. The standard InChI is InChI=1S/C26H24N2O3S/c1-3-31-16-15-28-22-14-9-18(2)17-23(22)32-26(28)27-25(30)21-12-10-20(11-13-21)24(29)19-7-5-4-6-8-19/h4-14,17H,3,15-16H2,1-2H3. The zero-order chi connectivity index (χ0) is 22.5. The van der Waals surface area contributed by atoms with Crippen molar-refractivity contribution in [3.05, 3.63) is 99.9 Å². The number of benzene rings is 3. The summed E-state index contributed by atoms with van der Waals surface area (Å²) in [4.78, 5) is 30.5. The van der Waals surface area contributed by atoms with Gasteiger partial charge in [-0.2, -0.15) is 4.99 Å². The van der Waals surface area contributed by atoms with Crippen LogP contribution in [0.4, 0.5) is 0 Å². The van der Waals surface area contributed by atoms with Crippen LogP contribution in [-0.4, -0.2) is 29.5 Å². The molecule has 0 bridgehead atoms. The van der Waals surface area contributed by atoms with Crippen molar-refractivity contribution in [1.29, 1.82) is 0 Å². The van der Waals surface area contributed by atoms with Crippen LogP contribution >= 0.6 is 11.3 Å². The van der Waals surface area contributed by atoms with Crippen LogP contribution in [0.15, 0.2) is 77.8 Å². The quantitative estimate of drug-likeness (QED) is 0.297. The molecule has 0 saturated carbocycles. The maximum Gasteiger partial charge on any atom is 0.279 e. The molecule has 1 heterocycles. The van der Waals surface area contributed by atoms with E-state index in [1.165, 1.54) is 11.3 Å². The zero-order valence-electron chi connectivity index (χ0n) is 18.1. The Bertz CT molecular complexity index is 1320. The van der Waals surface area contributed by atoms with Crippen LogP contribution in [0.5, 0.6) is 0 Å². The lowest BCUT2D eigenvalue weighted by Gasteiger charge is -2.06. The third kappa shape index (κ3) is 4.77. The van der Waals surface area contributed by atoms with Crippen molar-refractivity contribution in [2.75, 3.05) is 13.2 Å². The molecule has 0 fully saturated rings. The summed E-state index contributed by atoms with van der Waals surface area (Å²) in [6.07, 6.45) is 0. The number of nitrogens with zero attached hydrogens (tertiary/aromatic N) is 2. The van der Waals surface area contributed by atoms with Crippen LogP contribution in [0.25, 0.3) is 10.2 Å². The Morgan fingerprint density at radius 1 is 0.938 bits per heavy atom. The number of amides is 1. The van der Waals surface area contributed by atoms with E-state index < -0.39 is 0 Å². The number of thiazole rings is 1. The minimum absolute atomic E-state index is 0.0739. The molecule has 0 aliphatic rings. The molecule has 0 unspecified atom stereocenters. The van der Waals surface area contributed by atoms with E-state index in [9.17, 15) is 9.59 Å². The lowest BCUT2D eigenvalue weighted by Crippen LogP contribution is -2.19. The largest absolute Gasteiger partial charge is 0.380 e. The maximum atomic E-state index is 12.9. The van der Waals surface area contributed by atoms with Gasteiger partial charge in [-0.05, 0) is 43.7 Å². The van der Waals surface area contributed by atoms with E-state index in [0.717, 1.165) is 15.8 Å². The molecule has 6 heteroatoms. The third-order valence-electron chi connectivity index (χ3n) is 5.13. The fraction of sp³-hybridized carbons (Fsp3) is 0.192. The second-order valence-electron chi connectivity index (χ2n) is 7.39. The van der Waals surface area contributed by atoms with E-state index in [1.54, 1.807) is 36.4 Å². The highest BCUT2D eigenvalue weighted by Crippen LogP contribution is 2.19. The highest BCUT2D eigenvalue weighted by Gasteiger charge is 2.12. The van der Waals surface area contributed by atoms with Gasteiger partial charge in [-0.25, -0.2) is 0 Å². The van der Waals surface area contributed by atoms with Gasteiger partial charge in [0.15, 0.2) is 10.6 Å². The first-order valence-corrected chi connectivity index (χ1v) is 11.3. The monoisotopic (exact) mass is 444 g/mol. The van der Waals surface area contributed by atoms with Crippen molar-refractivity contribution in [3.63, 3.8) is 0 Å². The number of fused-ring (bicyclic) bond motifs is 1. The van der Waals surface area contributed by atoms with Crippen molar-refractivity contribution in [1.82, 2.24) is 4.57 Å². The maximum absolute atomic E-state index is 12.9. The van der Waals surface area contributed by atoms with Gasteiger partial charge in [0.1, 0.15) is 0 Å². The molecule has 3 aromatic carbocycles. The van der Waals surface area contributed by atoms with Gasteiger partial charge < -0.3 is 9.30 Å². The number of rotatable bonds is 7. The summed E-state index contributed by atoms with van der Waals surface area (Å²) in [6, 6.07) is 22.0. The Labute approximate surface area is 190 Å². The average Bonchev–Trinajstić information content (AvgIpc) is 3.15. The lowest BCUT2D eigenvalue weighted by atomic mass is 10.0. The van der Waals surface area contributed by atoms with E-state index >= 15 is 0 Å². The minimum atomic E-state index is -0.336. The van der Waals surface area contributed by atoms with Crippen LogP contribution in [0.1, 0.15) is 38.8 Å². The first-order valence-electron chi connectivity index (χ1n) is 10.5. The molecule has 1 amide bonds. The number of ether oxygens (including phenoxy) is 1. The van der Waals surface area contributed by atoms with Crippen molar-refractivity contribution < 1.29 is 14.3 Å². The topological polar surface area (TPSA) is 60.7 Å². The summed E-state index contributed by atoms with van der Waals surface area (Å²) >= 11 is 1.49. The predicted molar refractivity (Wildman–Crippen MR) is 127 cm³/mol. The van der Waals surface area contributed by atoms with Gasteiger partial charge in [-0.3, -0.25) is 9.59 Å².